The number of hydroxylamine groups is 1. The summed E-state index contributed by atoms with van der Waals surface area (Å²) < 4.78 is 0. The Kier molecular flexibility index (Phi) is 13.0. The largest absolute Gasteiger partial charge is 0.370 e. The molecule has 0 fully saturated rings. The summed E-state index contributed by atoms with van der Waals surface area (Å²) in [5, 5.41) is 29.2. The van der Waals surface area contributed by atoms with Crippen LogP contribution in [0, 0.1) is 11.8 Å². The fraction of sp³-hybridized carbons (Fsp3) is 0.452. The Hall–Kier alpha value is -4.65. The zero-order valence-corrected chi connectivity index (χ0v) is 25.4. The Bertz CT molecular complexity index is 1380. The first-order valence-electron chi connectivity index (χ1n) is 14.9. The lowest BCUT2D eigenvalue weighted by Gasteiger charge is -2.25. The van der Waals surface area contributed by atoms with Crippen molar-refractivity contribution in [2.45, 2.75) is 77.8 Å². The summed E-state index contributed by atoms with van der Waals surface area (Å²) in [4.78, 5) is 50.5. The number of carbonyl (C=O) groups is 4. The van der Waals surface area contributed by atoms with Crippen molar-refractivity contribution in [3.05, 3.63) is 54.1 Å². The van der Waals surface area contributed by atoms with Crippen LogP contribution in [0.3, 0.4) is 0 Å². The molecule has 0 aliphatic rings. The molecule has 3 aromatic rings. The average molecular weight is 607 g/mol. The molecule has 0 saturated carbocycles. The molecule has 1 heterocycles. The maximum Gasteiger partial charge on any atom is 0.255 e. The fourth-order valence-corrected chi connectivity index (χ4v) is 5.00. The van der Waals surface area contributed by atoms with Gasteiger partial charge < -0.3 is 16.4 Å². The lowest BCUT2D eigenvalue weighted by atomic mass is 9.94. The van der Waals surface area contributed by atoms with E-state index in [1.54, 1.807) is 0 Å². The molecule has 3 rings (SSSR count). The molecule has 44 heavy (non-hydrogen) atoms. The van der Waals surface area contributed by atoms with Gasteiger partial charge in [-0.3, -0.25) is 24.4 Å². The molecule has 0 aliphatic heterocycles. The number of unbranched alkanes of at least 4 members (excludes halogenated alkanes) is 2. The molecule has 7 N–H and O–H groups in total. The third-order valence-electron chi connectivity index (χ3n) is 7.31. The third-order valence-corrected chi connectivity index (χ3v) is 7.31. The van der Waals surface area contributed by atoms with Gasteiger partial charge >= 0.3 is 0 Å². The van der Waals surface area contributed by atoms with Crippen LogP contribution in [0.25, 0.3) is 22.5 Å². The van der Waals surface area contributed by atoms with Crippen LogP contribution in [0.5, 0.6) is 0 Å². The maximum atomic E-state index is 13.6. The van der Waals surface area contributed by atoms with Crippen LogP contribution in [0.2, 0.25) is 0 Å². The van der Waals surface area contributed by atoms with E-state index in [-0.39, 0.29) is 31.2 Å². The quantitative estimate of drug-likeness (QED) is 0.0581. The lowest BCUT2D eigenvalue weighted by molar-refractivity contribution is -0.143. The van der Waals surface area contributed by atoms with Gasteiger partial charge in [0.2, 0.25) is 23.5 Å². The molecule has 1 aromatic heterocycles. The molecular formula is C31H42N8O5. The van der Waals surface area contributed by atoms with E-state index in [0.717, 1.165) is 41.5 Å². The van der Waals surface area contributed by atoms with Gasteiger partial charge in [-0.05, 0) is 47.1 Å². The smallest absolute Gasteiger partial charge is 0.255 e. The summed E-state index contributed by atoms with van der Waals surface area (Å²) in [6.07, 6.45) is 3.44. The Morgan fingerprint density at radius 1 is 0.909 bits per heavy atom. The summed E-state index contributed by atoms with van der Waals surface area (Å²) in [5.74, 6) is -3.49. The molecule has 3 unspecified atom stereocenters. The van der Waals surface area contributed by atoms with Crippen molar-refractivity contribution in [2.75, 3.05) is 0 Å². The molecule has 13 heteroatoms. The highest BCUT2D eigenvalue weighted by molar-refractivity contribution is 6.01. The first kappa shape index (κ1) is 33.8. The number of benzene rings is 2. The zero-order chi connectivity index (χ0) is 32.1. The SMILES string of the molecule is CCCCCC(NC(=O)C(CCC(N)=O)NC(=O)C(CC(C)C)C(=O)NO)c1ccc(-c2ccccc2-c2nn[nH]n2)cc1. The van der Waals surface area contributed by atoms with Crippen molar-refractivity contribution in [2.24, 2.45) is 17.6 Å². The van der Waals surface area contributed by atoms with E-state index in [0.29, 0.717) is 12.2 Å². The molecule has 0 radical (unpaired) electrons. The van der Waals surface area contributed by atoms with Crippen molar-refractivity contribution in [1.82, 2.24) is 36.7 Å². The number of nitrogens with two attached hydrogens (primary N) is 1. The van der Waals surface area contributed by atoms with E-state index in [1.807, 2.05) is 62.4 Å². The topological polar surface area (TPSA) is 205 Å². The predicted octanol–water partition coefficient (Wildman–Crippen LogP) is 3.19. The third kappa shape index (κ3) is 9.69. The van der Waals surface area contributed by atoms with Crippen LogP contribution in [0.1, 0.15) is 77.3 Å². The van der Waals surface area contributed by atoms with E-state index in [1.165, 1.54) is 5.48 Å². The van der Waals surface area contributed by atoms with E-state index >= 15 is 0 Å². The van der Waals surface area contributed by atoms with Crippen LogP contribution in [-0.4, -0.2) is 55.5 Å². The molecule has 0 bridgehead atoms. The molecule has 236 valence electrons. The number of hydrogen-bond acceptors (Lipinski definition) is 8. The number of H-pyrrole nitrogens is 1. The molecule has 0 saturated heterocycles. The molecule has 0 spiro atoms. The molecule has 3 atom stereocenters. The first-order chi connectivity index (χ1) is 21.1. The van der Waals surface area contributed by atoms with Gasteiger partial charge in [0.15, 0.2) is 0 Å². The predicted molar refractivity (Wildman–Crippen MR) is 163 cm³/mol. The minimum atomic E-state index is -1.22. The van der Waals surface area contributed by atoms with Gasteiger partial charge in [-0.25, -0.2) is 5.48 Å². The fourth-order valence-electron chi connectivity index (χ4n) is 5.00. The summed E-state index contributed by atoms with van der Waals surface area (Å²) in [6.45, 7) is 5.76. The molecule has 0 aliphatic carbocycles. The second kappa shape index (κ2) is 16.8. The number of nitrogens with one attached hydrogen (secondary N) is 4. The maximum absolute atomic E-state index is 13.6. The Morgan fingerprint density at radius 3 is 2.20 bits per heavy atom. The molecule has 4 amide bonds. The van der Waals surface area contributed by atoms with Crippen molar-refractivity contribution in [3.8, 4) is 22.5 Å². The Labute approximate surface area is 256 Å². The Balaban J connectivity index is 1.85. The van der Waals surface area contributed by atoms with Crippen LogP contribution >= 0.6 is 0 Å². The number of primary amides is 1. The van der Waals surface area contributed by atoms with Crippen LogP contribution in [-0.2, 0) is 19.2 Å². The van der Waals surface area contributed by atoms with Crippen molar-refractivity contribution >= 4 is 23.6 Å². The molecule has 2 aromatic carbocycles. The molecular weight excluding hydrogens is 564 g/mol. The van der Waals surface area contributed by atoms with Gasteiger partial charge in [-0.1, -0.05) is 88.6 Å². The number of aromatic amines is 1. The number of aromatic nitrogens is 4. The number of nitrogens with zero attached hydrogens (tertiary/aromatic N) is 3. The zero-order valence-electron chi connectivity index (χ0n) is 25.4. The second-order valence-electron chi connectivity index (χ2n) is 11.2. The van der Waals surface area contributed by atoms with E-state index in [4.69, 9.17) is 10.9 Å². The Morgan fingerprint density at radius 2 is 1.61 bits per heavy atom. The van der Waals surface area contributed by atoms with E-state index < -0.39 is 35.6 Å². The van der Waals surface area contributed by atoms with Crippen molar-refractivity contribution < 1.29 is 24.4 Å². The number of rotatable bonds is 17. The van der Waals surface area contributed by atoms with E-state index in [2.05, 4.69) is 38.2 Å². The number of carbonyl (C=O) groups excluding carboxylic acids is 4. The van der Waals surface area contributed by atoms with E-state index in [9.17, 15) is 19.2 Å². The highest BCUT2D eigenvalue weighted by atomic mass is 16.5. The lowest BCUT2D eigenvalue weighted by Crippen LogP contribution is -2.51. The van der Waals surface area contributed by atoms with Crippen LogP contribution in [0.15, 0.2) is 48.5 Å². The number of tetrazole rings is 1. The van der Waals surface area contributed by atoms with Crippen molar-refractivity contribution in [1.29, 1.82) is 0 Å². The van der Waals surface area contributed by atoms with Gasteiger partial charge in [-0.2, -0.15) is 5.21 Å². The van der Waals surface area contributed by atoms with Crippen LogP contribution in [0.4, 0.5) is 0 Å². The van der Waals surface area contributed by atoms with Gasteiger partial charge in [0.1, 0.15) is 12.0 Å². The van der Waals surface area contributed by atoms with Gasteiger partial charge in [0, 0.05) is 12.0 Å². The second-order valence-corrected chi connectivity index (χ2v) is 11.2. The number of hydrogen-bond donors (Lipinski definition) is 6. The summed E-state index contributed by atoms with van der Waals surface area (Å²) in [7, 11) is 0. The number of amides is 4. The highest BCUT2D eigenvalue weighted by Crippen LogP contribution is 2.31. The monoisotopic (exact) mass is 606 g/mol. The minimum absolute atomic E-state index is 0.0361. The summed E-state index contributed by atoms with van der Waals surface area (Å²) >= 11 is 0. The normalized spacial score (nSPS) is 13.1. The minimum Gasteiger partial charge on any atom is -0.370 e. The summed E-state index contributed by atoms with van der Waals surface area (Å²) in [6, 6.07) is 14.0. The van der Waals surface area contributed by atoms with Crippen LogP contribution < -0.4 is 21.8 Å². The van der Waals surface area contributed by atoms with Gasteiger partial charge in [-0.15, -0.1) is 10.2 Å². The summed E-state index contributed by atoms with van der Waals surface area (Å²) in [5.41, 5.74) is 10.4. The van der Waals surface area contributed by atoms with Crippen molar-refractivity contribution in [3.63, 3.8) is 0 Å². The molecule has 13 nitrogen and oxygen atoms in total. The standard InChI is InChI=1S/C31H42N8O5/c1-4-5-6-11-25(21-14-12-20(13-15-21)22-9-7-8-10-23(22)28-35-38-39-36-28)33-31(43)26(16-17-27(32)40)34-29(41)24(18-19(2)3)30(42)37-44/h7-10,12-15,19,24-26,44H,4-6,11,16-18H2,1-3H3,(H2,32,40)(H,33,43)(H,34,41)(H,37,42)(H,35,36,38,39). The highest BCUT2D eigenvalue weighted by Gasteiger charge is 2.32. The van der Waals surface area contributed by atoms with Gasteiger partial charge in [0.05, 0.1) is 6.04 Å². The average Bonchev–Trinajstić information content (AvgIpc) is 3.56. The first-order valence-corrected chi connectivity index (χ1v) is 14.9. The van der Waals surface area contributed by atoms with Gasteiger partial charge in [0.25, 0.3) is 5.91 Å².